The summed E-state index contributed by atoms with van der Waals surface area (Å²) in [6.07, 6.45) is 0. The van der Waals surface area contributed by atoms with Crippen LogP contribution in [-0.2, 0) is 0 Å². The lowest BCUT2D eigenvalue weighted by Gasteiger charge is -1.98. The lowest BCUT2D eigenvalue weighted by atomic mass is 10.3. The Morgan fingerprint density at radius 1 is 0.857 bits per heavy atom. The van der Waals surface area contributed by atoms with Crippen LogP contribution < -0.4 is 0 Å². The molecule has 0 aliphatic carbocycles. The standard InChI is InChI=1S/C13H10O4PS3/c14-13(18(15,16)17)12-6-5-11(21-12)10-4-3-9(20-10)8-2-1-7-19-8/h1-7,15-17H/q+1. The van der Waals surface area contributed by atoms with Crippen molar-refractivity contribution in [3.05, 3.63) is 46.7 Å². The summed E-state index contributed by atoms with van der Waals surface area (Å²) < 4.78 is 0. The van der Waals surface area contributed by atoms with Gasteiger partial charge in [-0.1, -0.05) is 6.07 Å². The minimum absolute atomic E-state index is 0.150. The lowest BCUT2D eigenvalue weighted by molar-refractivity contribution is 0.102. The van der Waals surface area contributed by atoms with Crippen molar-refractivity contribution in [2.24, 2.45) is 0 Å². The largest absolute Gasteiger partial charge is 0.484 e. The maximum Gasteiger partial charge on any atom is 0.484 e. The Hall–Kier alpha value is -0.920. The number of carbonyl (C=O) groups is 1. The molecule has 108 valence electrons. The van der Waals surface area contributed by atoms with Crippen molar-refractivity contribution in [3.63, 3.8) is 0 Å². The first-order valence-corrected chi connectivity index (χ1v) is 9.97. The van der Waals surface area contributed by atoms with Gasteiger partial charge in [-0.15, -0.1) is 34.0 Å². The summed E-state index contributed by atoms with van der Waals surface area (Å²) in [6.45, 7) is 0. The molecule has 3 N–H and O–H groups in total. The quantitative estimate of drug-likeness (QED) is 0.615. The molecule has 3 aromatic heterocycles. The second-order valence-corrected chi connectivity index (χ2v) is 8.84. The van der Waals surface area contributed by atoms with E-state index < -0.39 is 13.5 Å². The summed E-state index contributed by atoms with van der Waals surface area (Å²) in [7, 11) is -4.46. The van der Waals surface area contributed by atoms with Gasteiger partial charge in [0.1, 0.15) is 4.88 Å². The highest BCUT2D eigenvalue weighted by Crippen LogP contribution is 2.50. The van der Waals surface area contributed by atoms with Gasteiger partial charge in [-0.05, 0) is 35.7 Å². The van der Waals surface area contributed by atoms with Crippen LogP contribution in [0.25, 0.3) is 19.5 Å². The molecule has 3 rings (SSSR count). The Balaban J connectivity index is 1.89. The fourth-order valence-electron chi connectivity index (χ4n) is 1.75. The lowest BCUT2D eigenvalue weighted by Crippen LogP contribution is -2.02. The number of rotatable bonds is 4. The molecule has 0 aliphatic rings. The van der Waals surface area contributed by atoms with Crippen LogP contribution in [0.3, 0.4) is 0 Å². The molecule has 0 radical (unpaired) electrons. The number of hydrogen-bond acceptors (Lipinski definition) is 7. The predicted molar refractivity (Wildman–Crippen MR) is 88.9 cm³/mol. The minimum atomic E-state index is -4.46. The average Bonchev–Trinajstić information content (AvgIpc) is 3.16. The molecular formula is C13H10O4PS3+. The van der Waals surface area contributed by atoms with E-state index in [4.69, 9.17) is 14.7 Å². The van der Waals surface area contributed by atoms with Gasteiger partial charge >= 0.3 is 13.5 Å². The first kappa shape index (κ1) is 15.0. The van der Waals surface area contributed by atoms with E-state index in [0.717, 1.165) is 26.0 Å². The van der Waals surface area contributed by atoms with E-state index >= 15 is 0 Å². The second kappa shape index (κ2) is 5.70. The van der Waals surface area contributed by atoms with Crippen molar-refractivity contribution in [1.82, 2.24) is 0 Å². The molecule has 0 saturated heterocycles. The molecule has 0 aromatic carbocycles. The summed E-state index contributed by atoms with van der Waals surface area (Å²) in [4.78, 5) is 43.1. The van der Waals surface area contributed by atoms with Crippen LogP contribution >= 0.6 is 42.0 Å². The zero-order valence-corrected chi connectivity index (χ0v) is 13.8. The molecule has 0 amide bonds. The van der Waals surface area contributed by atoms with Crippen molar-refractivity contribution < 1.29 is 19.5 Å². The summed E-state index contributed by atoms with van der Waals surface area (Å²) in [5, 5.41) is 2.02. The Morgan fingerprint density at radius 3 is 2.10 bits per heavy atom. The summed E-state index contributed by atoms with van der Waals surface area (Å²) in [5.41, 5.74) is -1.01. The number of carbonyl (C=O) groups excluding carboxylic acids is 1. The smallest absolute Gasteiger partial charge is 0.237 e. The molecule has 8 heteroatoms. The van der Waals surface area contributed by atoms with Gasteiger partial charge in [0.05, 0.1) is 0 Å². The Labute approximate surface area is 133 Å². The Morgan fingerprint density at radius 2 is 1.48 bits per heavy atom. The highest BCUT2D eigenvalue weighted by atomic mass is 32.1. The fourth-order valence-corrected chi connectivity index (χ4v) is 5.40. The molecule has 3 aromatic rings. The van der Waals surface area contributed by atoms with Crippen LogP contribution in [0.2, 0.25) is 0 Å². The Kier molecular flexibility index (Phi) is 4.07. The summed E-state index contributed by atoms with van der Waals surface area (Å²) in [5.74, 6) is 0. The van der Waals surface area contributed by atoms with E-state index in [0.29, 0.717) is 0 Å². The molecule has 0 spiro atoms. The monoisotopic (exact) mass is 357 g/mol. The van der Waals surface area contributed by atoms with E-state index in [1.54, 1.807) is 28.7 Å². The zero-order chi connectivity index (χ0) is 15.0. The first-order valence-electron chi connectivity index (χ1n) is 5.81. The number of hydrogen-bond donors (Lipinski definition) is 3. The molecule has 0 aliphatic heterocycles. The van der Waals surface area contributed by atoms with E-state index in [-0.39, 0.29) is 4.88 Å². The van der Waals surface area contributed by atoms with Gasteiger partial charge in [-0.3, -0.25) is 0 Å². The maximum absolute atomic E-state index is 11.6. The molecule has 3 heterocycles. The molecule has 0 fully saturated rings. The van der Waals surface area contributed by atoms with E-state index in [2.05, 4.69) is 0 Å². The van der Waals surface area contributed by atoms with Gasteiger partial charge < -0.3 is 0 Å². The van der Waals surface area contributed by atoms with E-state index in [1.807, 2.05) is 29.6 Å². The molecule has 0 saturated carbocycles. The van der Waals surface area contributed by atoms with Gasteiger partial charge in [-0.25, -0.2) is 4.79 Å². The third-order valence-electron chi connectivity index (χ3n) is 2.70. The topological polar surface area (TPSA) is 77.8 Å². The van der Waals surface area contributed by atoms with Crippen LogP contribution in [0.1, 0.15) is 9.67 Å². The predicted octanol–water partition coefficient (Wildman–Crippen LogP) is 4.08. The Bertz CT molecular complexity index is 768. The van der Waals surface area contributed by atoms with Crippen molar-refractivity contribution in [2.45, 2.75) is 0 Å². The maximum atomic E-state index is 11.6. The van der Waals surface area contributed by atoms with Gasteiger partial charge in [0.2, 0.25) is 0 Å². The van der Waals surface area contributed by atoms with Crippen LogP contribution in [0, 0.1) is 0 Å². The molecule has 0 unspecified atom stereocenters. The molecule has 0 atom stereocenters. The molecule has 4 nitrogen and oxygen atoms in total. The van der Waals surface area contributed by atoms with E-state index in [9.17, 15) is 4.79 Å². The summed E-state index contributed by atoms with van der Waals surface area (Å²) >= 11 is 4.41. The van der Waals surface area contributed by atoms with Crippen molar-refractivity contribution in [3.8, 4) is 19.5 Å². The zero-order valence-electron chi connectivity index (χ0n) is 10.5. The van der Waals surface area contributed by atoms with Gasteiger partial charge in [0.25, 0.3) is 0 Å². The van der Waals surface area contributed by atoms with Crippen molar-refractivity contribution >= 4 is 47.5 Å². The third kappa shape index (κ3) is 3.14. The molecule has 21 heavy (non-hydrogen) atoms. The summed E-state index contributed by atoms with van der Waals surface area (Å²) in [6, 6.07) is 11.3. The van der Waals surface area contributed by atoms with E-state index in [1.165, 1.54) is 10.9 Å². The van der Waals surface area contributed by atoms with Crippen molar-refractivity contribution in [1.29, 1.82) is 0 Å². The van der Waals surface area contributed by atoms with Crippen LogP contribution in [-0.4, -0.2) is 20.2 Å². The average molecular weight is 357 g/mol. The van der Waals surface area contributed by atoms with Crippen LogP contribution in [0.4, 0.5) is 0 Å². The SMILES string of the molecule is O=C(c1ccc(-c2ccc(-c3cccs3)s2)s1)[P+](O)(O)O. The minimum Gasteiger partial charge on any atom is -0.237 e. The fraction of sp³-hybridized carbons (Fsp3) is 0. The second-order valence-electron chi connectivity index (χ2n) is 4.18. The number of thiophene rings is 3. The van der Waals surface area contributed by atoms with Crippen LogP contribution in [0.15, 0.2) is 41.8 Å². The first-order chi connectivity index (χ1) is 9.95. The van der Waals surface area contributed by atoms with Gasteiger partial charge in [0.15, 0.2) is 0 Å². The highest BCUT2D eigenvalue weighted by molar-refractivity contribution is 7.77. The van der Waals surface area contributed by atoms with Crippen LogP contribution in [0.5, 0.6) is 0 Å². The van der Waals surface area contributed by atoms with Gasteiger partial charge in [-0.2, -0.15) is 14.7 Å². The highest BCUT2D eigenvalue weighted by Gasteiger charge is 2.44. The van der Waals surface area contributed by atoms with Gasteiger partial charge in [0, 0.05) is 19.5 Å². The van der Waals surface area contributed by atoms with Crippen molar-refractivity contribution in [2.75, 3.05) is 0 Å². The third-order valence-corrected chi connectivity index (χ3v) is 7.07. The molecular weight excluding hydrogens is 347 g/mol. The molecule has 0 bridgehead atoms. The normalized spacial score (nSPS) is 11.8.